The molecular formula is C6H9NO. The average Bonchev–Trinajstić information content (AvgIpc) is 1.90. The summed E-state index contributed by atoms with van der Waals surface area (Å²) in [5.41, 5.74) is 0. The van der Waals surface area contributed by atoms with Gasteiger partial charge in [0, 0.05) is 6.61 Å². The summed E-state index contributed by atoms with van der Waals surface area (Å²) in [4.78, 5) is 0. The van der Waals surface area contributed by atoms with Crippen LogP contribution in [-0.2, 0) is 4.74 Å². The highest BCUT2D eigenvalue weighted by Crippen LogP contribution is 2.10. The quantitative estimate of drug-likeness (QED) is 0.468. The largest absolute Gasteiger partial charge is 0.363 e. The van der Waals surface area contributed by atoms with Crippen molar-refractivity contribution >= 4 is 0 Å². The maximum absolute atomic E-state index is 8.32. The molecule has 1 saturated heterocycles. The summed E-state index contributed by atoms with van der Waals surface area (Å²) in [6.07, 6.45) is 3.09. The molecule has 1 fully saturated rings. The van der Waals surface area contributed by atoms with Crippen LogP contribution in [0.15, 0.2) is 0 Å². The lowest BCUT2D eigenvalue weighted by Crippen LogP contribution is -2.16. The zero-order valence-electron chi connectivity index (χ0n) is 4.76. The van der Waals surface area contributed by atoms with Crippen LogP contribution in [0.25, 0.3) is 0 Å². The molecule has 1 atom stereocenters. The van der Waals surface area contributed by atoms with E-state index in [0.29, 0.717) is 0 Å². The van der Waals surface area contributed by atoms with Crippen molar-refractivity contribution in [3.05, 3.63) is 0 Å². The maximum atomic E-state index is 8.32. The minimum atomic E-state index is -0.108. The molecule has 0 aromatic carbocycles. The molecule has 1 aliphatic rings. The Balaban J connectivity index is 2.25. The number of hydrogen-bond donors (Lipinski definition) is 0. The lowest BCUT2D eigenvalue weighted by molar-refractivity contribution is 0.0513. The predicted molar refractivity (Wildman–Crippen MR) is 29.2 cm³/mol. The average molecular weight is 111 g/mol. The SMILES string of the molecule is N#C[C@H]1CCCCO1. The zero-order chi connectivity index (χ0) is 5.82. The van der Waals surface area contributed by atoms with E-state index >= 15 is 0 Å². The van der Waals surface area contributed by atoms with Crippen molar-refractivity contribution in [1.29, 1.82) is 5.26 Å². The van der Waals surface area contributed by atoms with E-state index in [9.17, 15) is 0 Å². The van der Waals surface area contributed by atoms with Gasteiger partial charge in [0.25, 0.3) is 0 Å². The molecule has 0 unspecified atom stereocenters. The van der Waals surface area contributed by atoms with E-state index in [2.05, 4.69) is 6.07 Å². The van der Waals surface area contributed by atoms with E-state index in [1.807, 2.05) is 0 Å². The van der Waals surface area contributed by atoms with Gasteiger partial charge >= 0.3 is 0 Å². The minimum absolute atomic E-state index is 0.108. The molecule has 0 amide bonds. The molecule has 1 aliphatic heterocycles. The van der Waals surface area contributed by atoms with Crippen LogP contribution >= 0.6 is 0 Å². The van der Waals surface area contributed by atoms with E-state index in [0.717, 1.165) is 25.9 Å². The van der Waals surface area contributed by atoms with Crippen LogP contribution in [-0.4, -0.2) is 12.7 Å². The van der Waals surface area contributed by atoms with Crippen LogP contribution in [0, 0.1) is 11.3 Å². The van der Waals surface area contributed by atoms with Crippen LogP contribution in [0.2, 0.25) is 0 Å². The van der Waals surface area contributed by atoms with Crippen LogP contribution in [0.1, 0.15) is 19.3 Å². The highest BCUT2D eigenvalue weighted by Gasteiger charge is 2.10. The van der Waals surface area contributed by atoms with E-state index in [1.165, 1.54) is 0 Å². The summed E-state index contributed by atoms with van der Waals surface area (Å²) >= 11 is 0. The van der Waals surface area contributed by atoms with Crippen molar-refractivity contribution in [2.24, 2.45) is 0 Å². The lowest BCUT2D eigenvalue weighted by atomic mass is 10.1. The fraction of sp³-hybridized carbons (Fsp3) is 0.833. The molecule has 1 rings (SSSR count). The topological polar surface area (TPSA) is 33.0 Å². The Labute approximate surface area is 49.1 Å². The Kier molecular flexibility index (Phi) is 1.87. The van der Waals surface area contributed by atoms with Crippen molar-refractivity contribution in [3.63, 3.8) is 0 Å². The van der Waals surface area contributed by atoms with Gasteiger partial charge in [0.2, 0.25) is 0 Å². The number of ether oxygens (including phenoxy) is 1. The number of nitrogens with zero attached hydrogens (tertiary/aromatic N) is 1. The highest BCUT2D eigenvalue weighted by atomic mass is 16.5. The number of hydrogen-bond acceptors (Lipinski definition) is 2. The Morgan fingerprint density at radius 2 is 2.38 bits per heavy atom. The van der Waals surface area contributed by atoms with Gasteiger partial charge in [-0.25, -0.2) is 0 Å². The van der Waals surface area contributed by atoms with Gasteiger partial charge < -0.3 is 4.74 Å². The van der Waals surface area contributed by atoms with Crippen LogP contribution in [0.4, 0.5) is 0 Å². The molecule has 0 N–H and O–H groups in total. The number of rotatable bonds is 0. The molecule has 8 heavy (non-hydrogen) atoms. The predicted octanol–water partition coefficient (Wildman–Crippen LogP) is 1.08. The van der Waals surface area contributed by atoms with Crippen molar-refractivity contribution < 1.29 is 4.74 Å². The molecule has 44 valence electrons. The van der Waals surface area contributed by atoms with Crippen molar-refractivity contribution in [1.82, 2.24) is 0 Å². The fourth-order valence-corrected chi connectivity index (χ4v) is 0.843. The molecule has 2 nitrogen and oxygen atoms in total. The summed E-state index contributed by atoms with van der Waals surface area (Å²) < 4.78 is 5.07. The molecule has 0 spiro atoms. The van der Waals surface area contributed by atoms with Gasteiger partial charge in [0.1, 0.15) is 6.10 Å². The monoisotopic (exact) mass is 111 g/mol. The van der Waals surface area contributed by atoms with E-state index in [1.54, 1.807) is 0 Å². The molecule has 2 heteroatoms. The van der Waals surface area contributed by atoms with Crippen LogP contribution < -0.4 is 0 Å². The maximum Gasteiger partial charge on any atom is 0.143 e. The van der Waals surface area contributed by atoms with Gasteiger partial charge in [-0.15, -0.1) is 0 Å². The van der Waals surface area contributed by atoms with Crippen molar-refractivity contribution in [3.8, 4) is 6.07 Å². The van der Waals surface area contributed by atoms with E-state index < -0.39 is 0 Å². The zero-order valence-corrected chi connectivity index (χ0v) is 4.76. The highest BCUT2D eigenvalue weighted by molar-refractivity contribution is 4.85. The Morgan fingerprint density at radius 3 is 2.75 bits per heavy atom. The fourth-order valence-electron chi connectivity index (χ4n) is 0.843. The molecule has 0 aromatic rings. The van der Waals surface area contributed by atoms with Gasteiger partial charge in [-0.1, -0.05) is 0 Å². The molecule has 0 aromatic heterocycles. The number of nitriles is 1. The van der Waals surface area contributed by atoms with Gasteiger partial charge in [0.05, 0.1) is 6.07 Å². The molecule has 1 heterocycles. The van der Waals surface area contributed by atoms with Gasteiger partial charge in [-0.05, 0) is 19.3 Å². The lowest BCUT2D eigenvalue weighted by Gasteiger charge is -2.14. The Bertz CT molecular complexity index is 99.6. The first-order valence-electron chi connectivity index (χ1n) is 2.94. The summed E-state index contributed by atoms with van der Waals surface area (Å²) in [6, 6.07) is 2.08. The second kappa shape index (κ2) is 2.68. The third kappa shape index (κ3) is 1.21. The first-order chi connectivity index (χ1) is 3.93. The standard InChI is InChI=1S/C6H9NO/c7-5-6-3-1-2-4-8-6/h6H,1-4H2/t6-/m1/s1. The Hall–Kier alpha value is -0.550. The van der Waals surface area contributed by atoms with Gasteiger partial charge in [-0.3, -0.25) is 0 Å². The van der Waals surface area contributed by atoms with Gasteiger partial charge in [-0.2, -0.15) is 5.26 Å². The summed E-state index contributed by atoms with van der Waals surface area (Å²) in [7, 11) is 0. The third-order valence-corrected chi connectivity index (χ3v) is 1.32. The minimum Gasteiger partial charge on any atom is -0.363 e. The third-order valence-electron chi connectivity index (χ3n) is 1.32. The summed E-state index contributed by atoms with van der Waals surface area (Å²) in [5, 5.41) is 8.32. The Morgan fingerprint density at radius 1 is 1.50 bits per heavy atom. The molecule has 0 saturated carbocycles. The van der Waals surface area contributed by atoms with E-state index in [-0.39, 0.29) is 6.10 Å². The molecule has 0 aliphatic carbocycles. The normalized spacial score (nSPS) is 29.1. The first kappa shape index (κ1) is 5.58. The molecular weight excluding hydrogens is 102 g/mol. The first-order valence-corrected chi connectivity index (χ1v) is 2.94. The summed E-state index contributed by atoms with van der Waals surface area (Å²) in [6.45, 7) is 0.776. The van der Waals surface area contributed by atoms with Crippen molar-refractivity contribution in [2.75, 3.05) is 6.61 Å². The molecule has 0 radical (unpaired) electrons. The van der Waals surface area contributed by atoms with Crippen molar-refractivity contribution in [2.45, 2.75) is 25.4 Å². The van der Waals surface area contributed by atoms with Crippen LogP contribution in [0.5, 0.6) is 0 Å². The van der Waals surface area contributed by atoms with Gasteiger partial charge in [0.15, 0.2) is 0 Å². The van der Waals surface area contributed by atoms with Crippen LogP contribution in [0.3, 0.4) is 0 Å². The second-order valence-electron chi connectivity index (χ2n) is 1.98. The smallest absolute Gasteiger partial charge is 0.143 e. The second-order valence-corrected chi connectivity index (χ2v) is 1.98. The summed E-state index contributed by atoms with van der Waals surface area (Å²) in [5.74, 6) is 0. The van der Waals surface area contributed by atoms with E-state index in [4.69, 9.17) is 10.00 Å². The molecule has 0 bridgehead atoms.